The number of aliphatic hydroxyl groups excluding tert-OH is 1. The molecule has 0 amide bonds. The summed E-state index contributed by atoms with van der Waals surface area (Å²) in [4.78, 5) is 13.8. The molecule has 3 heterocycles. The van der Waals surface area contributed by atoms with E-state index in [4.69, 9.17) is 11.5 Å². The summed E-state index contributed by atoms with van der Waals surface area (Å²) in [6.45, 7) is 4.06. The summed E-state index contributed by atoms with van der Waals surface area (Å²) >= 11 is 0. The number of hydrogen-bond acceptors (Lipinski definition) is 7. The number of nitrogens with two attached hydrogens (primary N) is 2. The first-order valence-electron chi connectivity index (χ1n) is 9.65. The van der Waals surface area contributed by atoms with Crippen molar-refractivity contribution in [3.8, 4) is 0 Å². The van der Waals surface area contributed by atoms with E-state index in [0.717, 1.165) is 76.2 Å². The summed E-state index contributed by atoms with van der Waals surface area (Å²) in [5, 5.41) is 9.69. The number of aromatic nitrogens is 2. The van der Waals surface area contributed by atoms with E-state index < -0.39 is 0 Å². The zero-order valence-corrected chi connectivity index (χ0v) is 17.3. The summed E-state index contributed by atoms with van der Waals surface area (Å²) in [6, 6.07) is 3.06. The molecule has 1 aliphatic carbocycles. The maximum atomic E-state index is 9.69. The van der Waals surface area contributed by atoms with Crippen molar-refractivity contribution < 1.29 is 5.11 Å². The van der Waals surface area contributed by atoms with Gasteiger partial charge < -0.3 is 26.4 Å². The summed E-state index contributed by atoms with van der Waals surface area (Å²) in [5.41, 5.74) is 12.9. The maximum absolute atomic E-state index is 9.69. The molecule has 7 nitrogen and oxygen atoms in total. The Kier molecular flexibility index (Phi) is 7.94. The van der Waals surface area contributed by atoms with Crippen LogP contribution in [0.5, 0.6) is 0 Å². The minimum absolute atomic E-state index is 0. The average Bonchev–Trinajstić information content (AvgIpc) is 2.59. The highest BCUT2D eigenvalue weighted by molar-refractivity contribution is 5.85. The van der Waals surface area contributed by atoms with Crippen molar-refractivity contribution in [2.75, 3.05) is 36.8 Å². The number of anilines is 2. The molecule has 2 aliphatic heterocycles. The van der Waals surface area contributed by atoms with Crippen LogP contribution in [0, 0.1) is 0 Å². The van der Waals surface area contributed by atoms with E-state index in [1.165, 1.54) is 0 Å². The molecule has 27 heavy (non-hydrogen) atoms. The zero-order chi connectivity index (χ0) is 17.4. The lowest BCUT2D eigenvalue weighted by atomic mass is 9.78. The van der Waals surface area contributed by atoms with E-state index in [-0.39, 0.29) is 30.9 Å². The molecule has 1 saturated carbocycles. The van der Waals surface area contributed by atoms with Crippen LogP contribution in [0.15, 0.2) is 6.07 Å². The van der Waals surface area contributed by atoms with Crippen LogP contribution in [0.4, 0.5) is 11.8 Å². The van der Waals surface area contributed by atoms with Crippen molar-refractivity contribution in [2.45, 2.75) is 62.6 Å². The van der Waals surface area contributed by atoms with Crippen molar-refractivity contribution in [1.29, 1.82) is 0 Å². The largest absolute Gasteiger partial charge is 0.393 e. The summed E-state index contributed by atoms with van der Waals surface area (Å²) < 4.78 is 0. The van der Waals surface area contributed by atoms with Gasteiger partial charge in [-0.2, -0.15) is 4.98 Å². The minimum atomic E-state index is -0.0987. The van der Waals surface area contributed by atoms with Crippen molar-refractivity contribution in [2.24, 2.45) is 5.73 Å². The molecule has 154 valence electrons. The van der Waals surface area contributed by atoms with E-state index in [2.05, 4.69) is 25.8 Å². The molecule has 5 N–H and O–H groups in total. The Bertz CT molecular complexity index is 600. The van der Waals surface area contributed by atoms with Crippen LogP contribution in [0.3, 0.4) is 0 Å². The number of nitrogen functional groups attached to an aromatic ring is 1. The average molecular weight is 419 g/mol. The minimum Gasteiger partial charge on any atom is -0.393 e. The van der Waals surface area contributed by atoms with Gasteiger partial charge in [-0.3, -0.25) is 0 Å². The quantitative estimate of drug-likeness (QED) is 0.683. The lowest BCUT2D eigenvalue weighted by Gasteiger charge is -2.41. The smallest absolute Gasteiger partial charge is 0.222 e. The Hall–Kier alpha value is -0.860. The molecule has 3 aliphatic rings. The number of piperidine rings is 2. The van der Waals surface area contributed by atoms with Crippen LogP contribution >= 0.6 is 24.8 Å². The first kappa shape index (κ1) is 22.4. The molecule has 9 heteroatoms. The zero-order valence-electron chi connectivity index (χ0n) is 15.7. The van der Waals surface area contributed by atoms with Crippen LogP contribution in [-0.2, 0) is 0 Å². The highest BCUT2D eigenvalue weighted by atomic mass is 35.5. The number of nitrogens with zero attached hydrogens (tertiary/aromatic N) is 4. The molecule has 1 aromatic rings. The lowest BCUT2D eigenvalue weighted by Crippen LogP contribution is -2.48. The molecule has 3 fully saturated rings. The molecule has 0 atom stereocenters. The molecule has 0 aromatic carbocycles. The number of likely N-dealkylation sites (tertiary alicyclic amines) is 1. The van der Waals surface area contributed by atoms with Gasteiger partial charge in [-0.15, -0.1) is 24.8 Å². The van der Waals surface area contributed by atoms with Crippen LogP contribution < -0.4 is 16.4 Å². The molecule has 4 rings (SSSR count). The summed E-state index contributed by atoms with van der Waals surface area (Å²) in [5.74, 6) is 1.78. The van der Waals surface area contributed by atoms with Gasteiger partial charge in [-0.05, 0) is 38.5 Å². The van der Waals surface area contributed by atoms with E-state index in [9.17, 15) is 5.11 Å². The van der Waals surface area contributed by atoms with E-state index >= 15 is 0 Å². The normalized spacial score (nSPS) is 27.4. The van der Waals surface area contributed by atoms with Gasteiger partial charge in [-0.1, -0.05) is 0 Å². The maximum Gasteiger partial charge on any atom is 0.222 e. The fraction of sp³-hybridized carbons (Fsp3) is 0.778. The fourth-order valence-electron chi connectivity index (χ4n) is 4.46. The van der Waals surface area contributed by atoms with Crippen LogP contribution in [0.2, 0.25) is 0 Å². The third kappa shape index (κ3) is 5.15. The molecular weight excluding hydrogens is 387 g/mol. The van der Waals surface area contributed by atoms with Crippen molar-refractivity contribution in [3.05, 3.63) is 11.8 Å². The van der Waals surface area contributed by atoms with Gasteiger partial charge in [0.1, 0.15) is 5.82 Å². The van der Waals surface area contributed by atoms with E-state index in [1.54, 1.807) is 0 Å². The van der Waals surface area contributed by atoms with E-state index in [1.807, 2.05) is 0 Å². The van der Waals surface area contributed by atoms with Gasteiger partial charge in [0.25, 0.3) is 0 Å². The SMILES string of the molecule is Cl.Cl.Nc1nc(C2CC(N)C2)cc(N2CCC(N3CCC(O)CC3)CC2)n1. The second-order valence-electron chi connectivity index (χ2n) is 7.92. The van der Waals surface area contributed by atoms with Crippen molar-refractivity contribution in [1.82, 2.24) is 14.9 Å². The number of rotatable bonds is 3. The third-order valence-electron chi connectivity index (χ3n) is 6.15. The summed E-state index contributed by atoms with van der Waals surface area (Å²) in [6.07, 6.45) is 6.01. The molecular formula is C18H32Cl2N6O. The Morgan fingerprint density at radius 2 is 1.59 bits per heavy atom. The molecule has 0 radical (unpaired) electrons. The second kappa shape index (κ2) is 9.56. The van der Waals surface area contributed by atoms with Crippen LogP contribution in [0.1, 0.15) is 50.1 Å². The first-order valence-corrected chi connectivity index (χ1v) is 9.65. The van der Waals surface area contributed by atoms with Crippen molar-refractivity contribution in [3.63, 3.8) is 0 Å². The van der Waals surface area contributed by atoms with Crippen molar-refractivity contribution >= 4 is 36.6 Å². The van der Waals surface area contributed by atoms with E-state index in [0.29, 0.717) is 23.9 Å². The number of aliphatic hydroxyl groups is 1. The topological polar surface area (TPSA) is 105 Å². The first-order chi connectivity index (χ1) is 12.1. The Labute approximate surface area is 173 Å². The number of halogens is 2. The Balaban J connectivity index is 0.00000131. The standard InChI is InChI=1S/C18H30N6O.2ClH/c19-13-9-12(10-13)16-11-17(22-18(20)21-16)24-5-1-14(2-6-24)23-7-3-15(25)4-8-23;;/h11-15,25H,1-10,19H2,(H2,20,21,22);2*1H. The predicted octanol–water partition coefficient (Wildman–Crippen LogP) is 1.53. The number of hydrogen-bond donors (Lipinski definition) is 3. The molecule has 1 aromatic heterocycles. The van der Waals surface area contributed by atoms with Crippen LogP contribution in [0.25, 0.3) is 0 Å². The third-order valence-corrected chi connectivity index (χ3v) is 6.15. The van der Waals surface area contributed by atoms with Crippen LogP contribution in [-0.4, -0.2) is 64.3 Å². The predicted molar refractivity (Wildman–Crippen MR) is 113 cm³/mol. The monoisotopic (exact) mass is 418 g/mol. The lowest BCUT2D eigenvalue weighted by molar-refractivity contribution is 0.0542. The van der Waals surface area contributed by atoms with Gasteiger partial charge in [0.05, 0.1) is 11.8 Å². The van der Waals surface area contributed by atoms with Gasteiger partial charge in [0.2, 0.25) is 5.95 Å². The van der Waals surface area contributed by atoms with Gasteiger partial charge >= 0.3 is 0 Å². The fourth-order valence-corrected chi connectivity index (χ4v) is 4.46. The van der Waals surface area contributed by atoms with Gasteiger partial charge in [0.15, 0.2) is 0 Å². The molecule has 2 saturated heterocycles. The highest BCUT2D eigenvalue weighted by Crippen LogP contribution is 2.36. The second-order valence-corrected chi connectivity index (χ2v) is 7.92. The Morgan fingerprint density at radius 1 is 0.963 bits per heavy atom. The molecule has 0 spiro atoms. The highest BCUT2D eigenvalue weighted by Gasteiger charge is 2.31. The molecule has 0 unspecified atom stereocenters. The summed E-state index contributed by atoms with van der Waals surface area (Å²) in [7, 11) is 0. The molecule has 0 bridgehead atoms. The Morgan fingerprint density at radius 3 is 2.19 bits per heavy atom. The van der Waals surface area contributed by atoms with Gasteiger partial charge in [-0.25, -0.2) is 4.98 Å². The van der Waals surface area contributed by atoms with Gasteiger partial charge in [0, 0.05) is 50.2 Å².